The summed E-state index contributed by atoms with van der Waals surface area (Å²) in [5, 5.41) is 0. The van der Waals surface area contributed by atoms with Gasteiger partial charge in [0.2, 0.25) is 0 Å². The maximum atomic E-state index is 6.09. The van der Waals surface area contributed by atoms with Crippen LogP contribution in [0.5, 0.6) is 0 Å². The third kappa shape index (κ3) is 3.40. The Morgan fingerprint density at radius 3 is 2.50 bits per heavy atom. The van der Waals surface area contributed by atoms with Crippen molar-refractivity contribution in [1.29, 1.82) is 0 Å². The zero-order chi connectivity index (χ0) is 14.7. The summed E-state index contributed by atoms with van der Waals surface area (Å²) >= 11 is 0. The summed E-state index contributed by atoms with van der Waals surface area (Å²) in [7, 11) is 4.45. The van der Waals surface area contributed by atoms with Gasteiger partial charge in [0, 0.05) is 18.6 Å². The smallest absolute Gasteiger partial charge is 0.0472 e. The van der Waals surface area contributed by atoms with E-state index in [2.05, 4.69) is 55.9 Å². The molecule has 20 heavy (non-hydrogen) atoms. The number of hydrogen-bond donors (Lipinski definition) is 1. The number of benzene rings is 1. The average molecular weight is 275 g/mol. The number of nitrogens with zero attached hydrogens (tertiary/aromatic N) is 2. The van der Waals surface area contributed by atoms with E-state index in [1.54, 1.807) is 0 Å². The van der Waals surface area contributed by atoms with E-state index in [9.17, 15) is 0 Å². The van der Waals surface area contributed by atoms with Gasteiger partial charge in [-0.25, -0.2) is 0 Å². The maximum absolute atomic E-state index is 6.09. The van der Waals surface area contributed by atoms with Crippen molar-refractivity contribution in [3.05, 3.63) is 34.9 Å². The summed E-state index contributed by atoms with van der Waals surface area (Å²) in [4.78, 5) is 4.92. The Morgan fingerprint density at radius 1 is 1.30 bits per heavy atom. The van der Waals surface area contributed by atoms with Crippen LogP contribution in [-0.2, 0) is 0 Å². The number of likely N-dealkylation sites (tertiary alicyclic amines) is 1. The van der Waals surface area contributed by atoms with Crippen molar-refractivity contribution in [3.63, 3.8) is 0 Å². The van der Waals surface area contributed by atoms with Crippen LogP contribution in [0.3, 0.4) is 0 Å². The first-order valence-electron chi connectivity index (χ1n) is 7.70. The van der Waals surface area contributed by atoms with Crippen LogP contribution in [-0.4, -0.2) is 49.6 Å². The first-order chi connectivity index (χ1) is 9.52. The van der Waals surface area contributed by atoms with Gasteiger partial charge in [0.1, 0.15) is 0 Å². The normalized spacial score (nSPS) is 19.5. The molecule has 0 amide bonds. The Labute approximate surface area is 123 Å². The van der Waals surface area contributed by atoms with Crippen LogP contribution >= 0.6 is 0 Å². The molecule has 0 aromatic heterocycles. The molecule has 1 aliphatic rings. The van der Waals surface area contributed by atoms with Crippen LogP contribution in [0.1, 0.15) is 35.6 Å². The third-order valence-electron chi connectivity index (χ3n) is 4.76. The SMILES string of the molecule is Cc1ccc(C(CN)N(C)C2CCN(C)CC2)c(C)c1. The molecule has 0 aliphatic carbocycles. The molecule has 112 valence electrons. The fourth-order valence-corrected chi connectivity index (χ4v) is 3.37. The monoisotopic (exact) mass is 275 g/mol. The number of nitrogens with two attached hydrogens (primary N) is 1. The number of hydrogen-bond acceptors (Lipinski definition) is 3. The first kappa shape index (κ1) is 15.5. The van der Waals surface area contributed by atoms with E-state index in [0.717, 1.165) is 0 Å². The molecule has 1 atom stereocenters. The summed E-state index contributed by atoms with van der Waals surface area (Å²) in [5.74, 6) is 0. The van der Waals surface area contributed by atoms with Crippen LogP contribution < -0.4 is 5.73 Å². The quantitative estimate of drug-likeness (QED) is 0.915. The highest BCUT2D eigenvalue weighted by Gasteiger charge is 2.26. The second-order valence-corrected chi connectivity index (χ2v) is 6.31. The molecule has 0 radical (unpaired) electrons. The highest BCUT2D eigenvalue weighted by Crippen LogP contribution is 2.27. The minimum atomic E-state index is 0.337. The van der Waals surface area contributed by atoms with E-state index in [-0.39, 0.29) is 0 Å². The van der Waals surface area contributed by atoms with Gasteiger partial charge in [0.05, 0.1) is 0 Å². The average Bonchev–Trinajstić information content (AvgIpc) is 2.42. The largest absolute Gasteiger partial charge is 0.329 e. The molecule has 1 saturated heterocycles. The van der Waals surface area contributed by atoms with Gasteiger partial charge >= 0.3 is 0 Å². The van der Waals surface area contributed by atoms with Crippen LogP contribution in [0.25, 0.3) is 0 Å². The molecule has 0 bridgehead atoms. The summed E-state index contributed by atoms with van der Waals surface area (Å²) in [6.07, 6.45) is 2.49. The van der Waals surface area contributed by atoms with Crippen LogP contribution in [0.15, 0.2) is 18.2 Å². The lowest BCUT2D eigenvalue weighted by Crippen LogP contribution is -2.45. The molecule has 3 nitrogen and oxygen atoms in total. The summed E-state index contributed by atoms with van der Waals surface area (Å²) in [6, 6.07) is 7.71. The first-order valence-corrected chi connectivity index (χ1v) is 7.70. The van der Waals surface area contributed by atoms with Gasteiger partial charge in [0.15, 0.2) is 0 Å². The van der Waals surface area contributed by atoms with Gasteiger partial charge in [0.25, 0.3) is 0 Å². The van der Waals surface area contributed by atoms with Crippen molar-refractivity contribution in [1.82, 2.24) is 9.80 Å². The van der Waals surface area contributed by atoms with E-state index in [1.165, 1.54) is 42.6 Å². The molecule has 2 N–H and O–H groups in total. The van der Waals surface area contributed by atoms with Gasteiger partial charge in [-0.3, -0.25) is 4.90 Å². The molecule has 1 heterocycles. The van der Waals surface area contributed by atoms with E-state index >= 15 is 0 Å². The minimum Gasteiger partial charge on any atom is -0.329 e. The highest BCUT2D eigenvalue weighted by molar-refractivity contribution is 5.33. The Kier molecular flexibility index (Phi) is 5.19. The van der Waals surface area contributed by atoms with Crippen molar-refractivity contribution in [2.24, 2.45) is 5.73 Å². The molecule has 0 saturated carbocycles. The molecule has 1 aromatic rings. The van der Waals surface area contributed by atoms with E-state index < -0.39 is 0 Å². The Morgan fingerprint density at radius 2 is 1.95 bits per heavy atom. The summed E-state index contributed by atoms with van der Waals surface area (Å²) in [5.41, 5.74) is 10.2. The molecule has 2 rings (SSSR count). The zero-order valence-electron chi connectivity index (χ0n) is 13.4. The molecule has 1 aliphatic heterocycles. The lowest BCUT2D eigenvalue weighted by Gasteiger charge is -2.39. The zero-order valence-corrected chi connectivity index (χ0v) is 13.4. The highest BCUT2D eigenvalue weighted by atomic mass is 15.2. The van der Waals surface area contributed by atoms with Crippen LogP contribution in [0, 0.1) is 13.8 Å². The summed E-state index contributed by atoms with van der Waals surface area (Å²) in [6.45, 7) is 7.42. The fourth-order valence-electron chi connectivity index (χ4n) is 3.37. The summed E-state index contributed by atoms with van der Waals surface area (Å²) < 4.78 is 0. The van der Waals surface area contributed by atoms with Gasteiger partial charge in [-0.2, -0.15) is 0 Å². The van der Waals surface area contributed by atoms with Crippen molar-refractivity contribution in [3.8, 4) is 0 Å². The molecule has 1 fully saturated rings. The number of piperidine rings is 1. The number of likely N-dealkylation sites (N-methyl/N-ethyl adjacent to an activating group) is 1. The second-order valence-electron chi connectivity index (χ2n) is 6.31. The predicted molar refractivity (Wildman–Crippen MR) is 86.0 cm³/mol. The number of aryl methyl sites for hydroxylation is 2. The topological polar surface area (TPSA) is 32.5 Å². The Hall–Kier alpha value is -0.900. The molecule has 3 heteroatoms. The second kappa shape index (κ2) is 6.70. The van der Waals surface area contributed by atoms with Gasteiger partial charge in [-0.1, -0.05) is 23.8 Å². The van der Waals surface area contributed by atoms with Crippen molar-refractivity contribution in [2.75, 3.05) is 33.7 Å². The lowest BCUT2D eigenvalue weighted by atomic mass is 9.95. The Balaban J connectivity index is 2.14. The van der Waals surface area contributed by atoms with E-state index in [1.807, 2.05) is 0 Å². The van der Waals surface area contributed by atoms with Gasteiger partial charge in [-0.15, -0.1) is 0 Å². The standard InChI is InChI=1S/C17H29N3/c1-13-5-6-16(14(2)11-13)17(12-18)20(4)15-7-9-19(3)10-8-15/h5-6,11,15,17H,7-10,12,18H2,1-4H3. The van der Waals surface area contributed by atoms with E-state index in [0.29, 0.717) is 18.6 Å². The molecule has 1 aromatic carbocycles. The maximum Gasteiger partial charge on any atom is 0.0472 e. The van der Waals surface area contributed by atoms with Crippen molar-refractivity contribution >= 4 is 0 Å². The van der Waals surface area contributed by atoms with E-state index in [4.69, 9.17) is 5.73 Å². The Bertz CT molecular complexity index is 436. The minimum absolute atomic E-state index is 0.337. The third-order valence-corrected chi connectivity index (χ3v) is 4.76. The molecule has 0 spiro atoms. The molecule has 1 unspecified atom stereocenters. The lowest BCUT2D eigenvalue weighted by molar-refractivity contribution is 0.109. The molecular formula is C17H29N3. The van der Waals surface area contributed by atoms with Crippen LogP contribution in [0.2, 0.25) is 0 Å². The van der Waals surface area contributed by atoms with Crippen LogP contribution in [0.4, 0.5) is 0 Å². The van der Waals surface area contributed by atoms with Crippen molar-refractivity contribution in [2.45, 2.75) is 38.8 Å². The van der Waals surface area contributed by atoms with Gasteiger partial charge < -0.3 is 10.6 Å². The fraction of sp³-hybridized carbons (Fsp3) is 0.647. The van der Waals surface area contributed by atoms with Crippen molar-refractivity contribution < 1.29 is 0 Å². The number of rotatable bonds is 4. The molecular weight excluding hydrogens is 246 g/mol. The van der Waals surface area contributed by atoms with Gasteiger partial charge in [-0.05, 0) is 65.0 Å². The predicted octanol–water partition coefficient (Wildman–Crippen LogP) is 2.33.